The fourth-order valence-corrected chi connectivity index (χ4v) is 2.89. The molecule has 1 aromatic carbocycles. The van der Waals surface area contributed by atoms with E-state index in [4.69, 9.17) is 0 Å². The summed E-state index contributed by atoms with van der Waals surface area (Å²) in [6.45, 7) is 10.2. The predicted molar refractivity (Wildman–Crippen MR) is 87.0 cm³/mol. The van der Waals surface area contributed by atoms with Crippen molar-refractivity contribution in [3.8, 4) is 0 Å². The van der Waals surface area contributed by atoms with Gasteiger partial charge < -0.3 is 5.32 Å². The minimum absolute atomic E-state index is 0.154. The van der Waals surface area contributed by atoms with Crippen LogP contribution in [0.3, 0.4) is 0 Å². The zero-order valence-electron chi connectivity index (χ0n) is 13.6. The molecule has 1 aromatic rings. The fourth-order valence-electron chi connectivity index (χ4n) is 2.89. The second-order valence-corrected chi connectivity index (χ2v) is 6.64. The lowest BCUT2D eigenvalue weighted by molar-refractivity contribution is -0.126. The highest BCUT2D eigenvalue weighted by molar-refractivity contribution is 5.78. The van der Waals surface area contributed by atoms with Crippen LogP contribution in [0.5, 0.6) is 0 Å². The third-order valence-corrected chi connectivity index (χ3v) is 4.22. The molecule has 1 N–H and O–H groups in total. The number of rotatable bonds is 5. The zero-order chi connectivity index (χ0) is 15.2. The normalized spacial score (nSPS) is 19.7. The van der Waals surface area contributed by atoms with Gasteiger partial charge in [-0.1, -0.05) is 38.1 Å². The molecule has 116 valence electrons. The van der Waals surface area contributed by atoms with E-state index in [9.17, 15) is 4.79 Å². The Labute approximate surface area is 128 Å². The van der Waals surface area contributed by atoms with Crippen molar-refractivity contribution in [2.24, 2.45) is 11.8 Å². The first kappa shape index (κ1) is 16.0. The van der Waals surface area contributed by atoms with Gasteiger partial charge in [0.2, 0.25) is 5.91 Å². The summed E-state index contributed by atoms with van der Waals surface area (Å²) < 4.78 is 0. The number of piperidine rings is 1. The van der Waals surface area contributed by atoms with E-state index in [-0.39, 0.29) is 11.8 Å². The maximum atomic E-state index is 12.2. The number of nitrogens with one attached hydrogen (secondary N) is 1. The first-order valence-electron chi connectivity index (χ1n) is 8.11. The molecular formula is C18H28N2O. The van der Waals surface area contributed by atoms with Crippen molar-refractivity contribution in [2.75, 3.05) is 19.6 Å². The number of amides is 1. The summed E-state index contributed by atoms with van der Waals surface area (Å²) in [4.78, 5) is 14.7. The average Bonchev–Trinajstić information content (AvgIpc) is 2.47. The zero-order valence-corrected chi connectivity index (χ0v) is 13.6. The van der Waals surface area contributed by atoms with Crippen LogP contribution in [0.15, 0.2) is 24.3 Å². The summed E-state index contributed by atoms with van der Waals surface area (Å²) in [7, 11) is 0. The summed E-state index contributed by atoms with van der Waals surface area (Å²) in [6.07, 6.45) is 2.14. The molecular weight excluding hydrogens is 260 g/mol. The SMILES string of the molecule is Cc1ccccc1CN1CCCC(C(=O)NCC(C)C)C1. The van der Waals surface area contributed by atoms with E-state index in [2.05, 4.69) is 55.3 Å². The Morgan fingerprint density at radius 1 is 1.38 bits per heavy atom. The second-order valence-electron chi connectivity index (χ2n) is 6.64. The standard InChI is InChI=1S/C18H28N2O/c1-14(2)11-19-18(21)17-9-6-10-20(13-17)12-16-8-5-4-7-15(16)3/h4-5,7-8,14,17H,6,9-13H2,1-3H3,(H,19,21). The molecule has 3 heteroatoms. The van der Waals surface area contributed by atoms with E-state index in [1.807, 2.05) is 0 Å². The van der Waals surface area contributed by atoms with Crippen LogP contribution >= 0.6 is 0 Å². The Bertz CT molecular complexity index is 470. The largest absolute Gasteiger partial charge is 0.356 e. The Morgan fingerprint density at radius 3 is 2.86 bits per heavy atom. The number of likely N-dealkylation sites (tertiary alicyclic amines) is 1. The molecule has 1 aliphatic heterocycles. The van der Waals surface area contributed by atoms with Gasteiger partial charge in [0.25, 0.3) is 0 Å². The molecule has 1 aliphatic rings. The van der Waals surface area contributed by atoms with E-state index < -0.39 is 0 Å². The average molecular weight is 288 g/mol. The van der Waals surface area contributed by atoms with Crippen LogP contribution in [-0.4, -0.2) is 30.4 Å². The topological polar surface area (TPSA) is 32.3 Å². The van der Waals surface area contributed by atoms with Crippen molar-refractivity contribution >= 4 is 5.91 Å². The van der Waals surface area contributed by atoms with Crippen LogP contribution in [-0.2, 0) is 11.3 Å². The van der Waals surface area contributed by atoms with Crippen LogP contribution < -0.4 is 5.32 Å². The number of aryl methyl sites for hydroxylation is 1. The van der Waals surface area contributed by atoms with Crippen LogP contribution in [0.25, 0.3) is 0 Å². The van der Waals surface area contributed by atoms with Gasteiger partial charge in [0, 0.05) is 19.6 Å². The van der Waals surface area contributed by atoms with E-state index >= 15 is 0 Å². The molecule has 0 saturated carbocycles. The van der Waals surface area contributed by atoms with E-state index in [1.165, 1.54) is 11.1 Å². The van der Waals surface area contributed by atoms with Crippen molar-refractivity contribution in [2.45, 2.75) is 40.2 Å². The number of benzene rings is 1. The molecule has 1 unspecified atom stereocenters. The van der Waals surface area contributed by atoms with E-state index in [0.29, 0.717) is 5.92 Å². The highest BCUT2D eigenvalue weighted by atomic mass is 16.1. The lowest BCUT2D eigenvalue weighted by Gasteiger charge is -2.32. The summed E-state index contributed by atoms with van der Waals surface area (Å²) in [5.74, 6) is 0.903. The number of nitrogens with zero attached hydrogens (tertiary/aromatic N) is 1. The molecule has 1 amide bonds. The molecule has 2 rings (SSSR count). The van der Waals surface area contributed by atoms with E-state index in [1.54, 1.807) is 0 Å². The smallest absolute Gasteiger partial charge is 0.224 e. The van der Waals surface area contributed by atoms with Gasteiger partial charge in [-0.05, 0) is 43.4 Å². The third kappa shape index (κ3) is 4.85. The van der Waals surface area contributed by atoms with Gasteiger partial charge in [-0.25, -0.2) is 0 Å². The summed E-state index contributed by atoms with van der Waals surface area (Å²) in [5, 5.41) is 3.08. The van der Waals surface area contributed by atoms with Crippen LogP contribution in [0.1, 0.15) is 37.8 Å². The molecule has 3 nitrogen and oxygen atoms in total. The lowest BCUT2D eigenvalue weighted by Crippen LogP contribution is -2.43. The monoisotopic (exact) mass is 288 g/mol. The van der Waals surface area contributed by atoms with Gasteiger partial charge in [-0.15, -0.1) is 0 Å². The molecule has 0 aliphatic carbocycles. The highest BCUT2D eigenvalue weighted by Crippen LogP contribution is 2.20. The van der Waals surface area contributed by atoms with Gasteiger partial charge in [0.15, 0.2) is 0 Å². The minimum Gasteiger partial charge on any atom is -0.356 e. The van der Waals surface area contributed by atoms with E-state index in [0.717, 1.165) is 39.0 Å². The van der Waals surface area contributed by atoms with Gasteiger partial charge in [-0.2, -0.15) is 0 Å². The Kier molecular flexibility index (Phi) is 5.80. The Balaban J connectivity index is 1.89. The summed E-state index contributed by atoms with van der Waals surface area (Å²) >= 11 is 0. The van der Waals surface area contributed by atoms with Crippen molar-refractivity contribution in [1.82, 2.24) is 10.2 Å². The minimum atomic E-state index is 0.154. The van der Waals surface area contributed by atoms with Gasteiger partial charge in [-0.3, -0.25) is 9.69 Å². The number of carbonyl (C=O) groups excluding carboxylic acids is 1. The fraction of sp³-hybridized carbons (Fsp3) is 0.611. The molecule has 0 spiro atoms. The number of carbonyl (C=O) groups is 1. The molecule has 1 saturated heterocycles. The van der Waals surface area contributed by atoms with Crippen LogP contribution in [0.4, 0.5) is 0 Å². The highest BCUT2D eigenvalue weighted by Gasteiger charge is 2.25. The third-order valence-electron chi connectivity index (χ3n) is 4.22. The molecule has 1 fully saturated rings. The predicted octanol–water partition coefficient (Wildman–Crippen LogP) is 2.98. The van der Waals surface area contributed by atoms with Gasteiger partial charge >= 0.3 is 0 Å². The summed E-state index contributed by atoms with van der Waals surface area (Å²) in [6, 6.07) is 8.53. The molecule has 0 bridgehead atoms. The van der Waals surface area contributed by atoms with Crippen LogP contribution in [0, 0.1) is 18.8 Å². The van der Waals surface area contributed by atoms with Gasteiger partial charge in [0.05, 0.1) is 5.92 Å². The maximum Gasteiger partial charge on any atom is 0.224 e. The lowest BCUT2D eigenvalue weighted by atomic mass is 9.96. The van der Waals surface area contributed by atoms with Crippen molar-refractivity contribution in [3.05, 3.63) is 35.4 Å². The van der Waals surface area contributed by atoms with Crippen molar-refractivity contribution in [3.63, 3.8) is 0 Å². The Hall–Kier alpha value is -1.35. The molecule has 1 atom stereocenters. The molecule has 0 aromatic heterocycles. The first-order valence-corrected chi connectivity index (χ1v) is 8.11. The second kappa shape index (κ2) is 7.60. The molecule has 1 heterocycles. The quantitative estimate of drug-likeness (QED) is 0.903. The van der Waals surface area contributed by atoms with Crippen molar-refractivity contribution < 1.29 is 4.79 Å². The number of hydrogen-bond donors (Lipinski definition) is 1. The maximum absolute atomic E-state index is 12.2. The number of hydrogen-bond acceptors (Lipinski definition) is 2. The first-order chi connectivity index (χ1) is 10.1. The Morgan fingerprint density at radius 2 is 2.14 bits per heavy atom. The van der Waals surface area contributed by atoms with Gasteiger partial charge in [0.1, 0.15) is 0 Å². The molecule has 21 heavy (non-hydrogen) atoms. The molecule has 0 radical (unpaired) electrons. The van der Waals surface area contributed by atoms with Crippen LogP contribution in [0.2, 0.25) is 0 Å². The van der Waals surface area contributed by atoms with Crippen molar-refractivity contribution in [1.29, 1.82) is 0 Å². The summed E-state index contributed by atoms with van der Waals surface area (Å²) in [5.41, 5.74) is 2.71.